The van der Waals surface area contributed by atoms with Crippen molar-refractivity contribution < 1.29 is 23.1 Å². The maximum absolute atomic E-state index is 13.7. The normalized spacial score (nSPS) is 25.6. The number of alkyl halides is 2. The lowest BCUT2D eigenvalue weighted by molar-refractivity contribution is -0.139. The Morgan fingerprint density at radius 2 is 1.97 bits per heavy atom. The molecule has 2 fully saturated rings. The van der Waals surface area contributed by atoms with Crippen molar-refractivity contribution in [1.82, 2.24) is 10.2 Å². The van der Waals surface area contributed by atoms with E-state index >= 15 is 0 Å². The van der Waals surface area contributed by atoms with Gasteiger partial charge in [-0.15, -0.1) is 0 Å². The van der Waals surface area contributed by atoms with E-state index < -0.39 is 11.9 Å². The molecule has 0 aromatic heterocycles. The number of carbonyl (C=O) groups excluding carboxylic acids is 2. The summed E-state index contributed by atoms with van der Waals surface area (Å²) in [6.45, 7) is 6.82. The monoisotopic (exact) mass is 533 g/mol. The highest BCUT2D eigenvalue weighted by atomic mass is 35.5. The van der Waals surface area contributed by atoms with Gasteiger partial charge in [0.2, 0.25) is 0 Å². The minimum absolute atomic E-state index is 0.0415. The van der Waals surface area contributed by atoms with Crippen LogP contribution < -0.4 is 5.32 Å². The summed E-state index contributed by atoms with van der Waals surface area (Å²) in [5.41, 5.74) is 2.72. The second kappa shape index (κ2) is 11.4. The molecule has 2 aliphatic heterocycles. The van der Waals surface area contributed by atoms with Gasteiger partial charge in [0.1, 0.15) is 12.3 Å². The molecule has 0 spiro atoms. The molecule has 1 saturated heterocycles. The number of nitrogens with one attached hydrogen (secondary N) is 1. The third-order valence-electron chi connectivity index (χ3n) is 7.26. The molecule has 200 valence electrons. The molecule has 37 heavy (non-hydrogen) atoms. The molecule has 1 aromatic rings. The van der Waals surface area contributed by atoms with Gasteiger partial charge >= 0.3 is 5.97 Å². The van der Waals surface area contributed by atoms with Crippen LogP contribution >= 0.6 is 11.6 Å². The van der Waals surface area contributed by atoms with Crippen molar-refractivity contribution in [2.24, 2.45) is 10.9 Å². The smallest absolute Gasteiger partial charge is 0.331 e. The van der Waals surface area contributed by atoms with Gasteiger partial charge in [-0.25, -0.2) is 13.6 Å². The van der Waals surface area contributed by atoms with Crippen LogP contribution in [0.3, 0.4) is 0 Å². The molecule has 9 heteroatoms. The summed E-state index contributed by atoms with van der Waals surface area (Å²) in [7, 11) is 0. The number of carbonyl (C=O) groups is 2. The van der Waals surface area contributed by atoms with Crippen LogP contribution in [0.5, 0.6) is 0 Å². The molecule has 1 saturated carbocycles. The zero-order chi connectivity index (χ0) is 26.7. The van der Waals surface area contributed by atoms with E-state index in [0.717, 1.165) is 50.4 Å². The largest absolute Gasteiger partial charge is 0.458 e. The number of aliphatic imine (C=N–C) groups is 1. The van der Waals surface area contributed by atoms with E-state index in [1.165, 1.54) is 24.3 Å². The van der Waals surface area contributed by atoms with Gasteiger partial charge in [-0.2, -0.15) is 0 Å². The number of amides is 1. The van der Waals surface area contributed by atoms with Crippen molar-refractivity contribution in [3.8, 4) is 0 Å². The molecule has 0 bridgehead atoms. The fourth-order valence-electron chi connectivity index (χ4n) is 5.33. The van der Waals surface area contributed by atoms with E-state index in [9.17, 15) is 18.4 Å². The Hall–Kier alpha value is -2.58. The average molecular weight is 534 g/mol. The molecular formula is C28H34ClF2N3O3. The van der Waals surface area contributed by atoms with Crippen molar-refractivity contribution in [3.05, 3.63) is 57.6 Å². The topological polar surface area (TPSA) is 71.0 Å². The summed E-state index contributed by atoms with van der Waals surface area (Å²) in [5.74, 6) is -3.35. The Balaban J connectivity index is 1.43. The molecule has 2 heterocycles. The summed E-state index contributed by atoms with van der Waals surface area (Å²) >= 11 is 5.98. The number of halogens is 3. The standard InChI is InChI=1S/C28H34ClF2N3O3/c1-17-13-32-14-18(2)34(17)27(36)25-11-22-7-19(5-4-6-21(22)15-33-25)10-26(35)37-16-20-8-23(28(3,30)31)12-24(29)9-20/h8-12,17-18,21,32H,4-7,13-16H2,1-3H3/b19-10+/t17-,18-,21?/m1/s1. The minimum atomic E-state index is -3.04. The van der Waals surface area contributed by atoms with Gasteiger partial charge in [0, 0.05) is 61.2 Å². The van der Waals surface area contributed by atoms with Crippen LogP contribution in [-0.4, -0.2) is 54.2 Å². The Morgan fingerprint density at radius 1 is 1.24 bits per heavy atom. The predicted octanol–water partition coefficient (Wildman–Crippen LogP) is 5.20. The number of fused-ring (bicyclic) bond motifs is 1. The number of esters is 1. The first kappa shape index (κ1) is 27.5. The molecule has 6 nitrogen and oxygen atoms in total. The second-order valence-corrected chi connectivity index (χ2v) is 10.9. The molecule has 3 atom stereocenters. The molecule has 1 N–H and O–H groups in total. The van der Waals surface area contributed by atoms with Crippen LogP contribution in [-0.2, 0) is 26.9 Å². The lowest BCUT2D eigenvalue weighted by Crippen LogP contribution is -2.58. The van der Waals surface area contributed by atoms with Crippen LogP contribution in [0.25, 0.3) is 0 Å². The Morgan fingerprint density at radius 3 is 2.68 bits per heavy atom. The van der Waals surface area contributed by atoms with Gasteiger partial charge in [0.05, 0.1) is 0 Å². The van der Waals surface area contributed by atoms with Crippen molar-refractivity contribution in [2.45, 2.75) is 71.1 Å². The first-order chi connectivity index (χ1) is 17.5. The minimum Gasteiger partial charge on any atom is -0.458 e. The Labute approximate surface area is 221 Å². The van der Waals surface area contributed by atoms with Crippen LogP contribution in [0.2, 0.25) is 5.02 Å². The summed E-state index contributed by atoms with van der Waals surface area (Å²) in [6, 6.07) is 4.20. The first-order valence-corrected chi connectivity index (χ1v) is 13.2. The molecule has 1 aliphatic carbocycles. The highest BCUT2D eigenvalue weighted by Gasteiger charge is 2.33. The summed E-state index contributed by atoms with van der Waals surface area (Å²) in [6.07, 6.45) is 6.61. The molecule has 1 aromatic carbocycles. The lowest BCUT2D eigenvalue weighted by atomic mass is 9.90. The van der Waals surface area contributed by atoms with Gasteiger partial charge < -0.3 is 15.0 Å². The van der Waals surface area contributed by atoms with Crippen LogP contribution in [0, 0.1) is 5.92 Å². The Bertz CT molecular complexity index is 1130. The fraction of sp³-hybridized carbons (Fsp3) is 0.536. The lowest BCUT2D eigenvalue weighted by Gasteiger charge is -2.39. The molecule has 1 unspecified atom stereocenters. The third-order valence-corrected chi connectivity index (χ3v) is 7.48. The van der Waals surface area contributed by atoms with Gasteiger partial charge in [0.25, 0.3) is 11.8 Å². The number of hydrogen-bond donors (Lipinski definition) is 1. The molecule has 4 rings (SSSR count). The number of allylic oxidation sites excluding steroid dienone is 1. The van der Waals surface area contributed by atoms with E-state index in [4.69, 9.17) is 16.3 Å². The number of piperazine rings is 1. The number of benzene rings is 1. The van der Waals surface area contributed by atoms with Gasteiger partial charge in [-0.05, 0) is 69.4 Å². The van der Waals surface area contributed by atoms with Crippen molar-refractivity contribution in [3.63, 3.8) is 0 Å². The zero-order valence-corrected chi connectivity index (χ0v) is 22.3. The maximum atomic E-state index is 13.7. The van der Waals surface area contributed by atoms with Gasteiger partial charge in [0.15, 0.2) is 0 Å². The number of rotatable bonds is 5. The van der Waals surface area contributed by atoms with Crippen molar-refractivity contribution in [1.29, 1.82) is 0 Å². The first-order valence-electron chi connectivity index (χ1n) is 12.8. The van der Waals surface area contributed by atoms with Crippen LogP contribution in [0.1, 0.15) is 57.6 Å². The van der Waals surface area contributed by atoms with E-state index in [-0.39, 0.29) is 41.1 Å². The summed E-state index contributed by atoms with van der Waals surface area (Å²) < 4.78 is 32.8. The van der Waals surface area contributed by atoms with Crippen LogP contribution in [0.4, 0.5) is 8.78 Å². The summed E-state index contributed by atoms with van der Waals surface area (Å²) in [4.78, 5) is 32.4. The number of ether oxygens (including phenoxy) is 1. The third kappa shape index (κ3) is 6.85. The predicted molar refractivity (Wildman–Crippen MR) is 140 cm³/mol. The molecule has 1 amide bonds. The number of hydrogen-bond acceptors (Lipinski definition) is 5. The Kier molecular flexibility index (Phi) is 8.49. The van der Waals surface area contributed by atoms with Crippen LogP contribution in [0.15, 0.2) is 46.5 Å². The highest BCUT2D eigenvalue weighted by molar-refractivity contribution is 6.43. The SMILES string of the molecule is C[C@@H]1CNC[C@@H](C)N1C(=O)C1=NCC2CCC/C(=C\C(=O)OCc3cc(Cl)cc(C(C)(F)F)c3)CC2=C1. The van der Waals surface area contributed by atoms with E-state index in [1.807, 2.05) is 24.8 Å². The van der Waals surface area contributed by atoms with E-state index in [2.05, 4.69) is 10.3 Å². The number of nitrogens with zero attached hydrogens (tertiary/aromatic N) is 2. The molecule has 0 radical (unpaired) electrons. The highest BCUT2D eigenvalue weighted by Crippen LogP contribution is 2.34. The molecule has 3 aliphatic rings. The van der Waals surface area contributed by atoms with Crippen molar-refractivity contribution in [2.75, 3.05) is 19.6 Å². The van der Waals surface area contributed by atoms with Crippen molar-refractivity contribution >= 4 is 29.2 Å². The fourth-order valence-corrected chi connectivity index (χ4v) is 5.59. The molecular weight excluding hydrogens is 500 g/mol. The zero-order valence-electron chi connectivity index (χ0n) is 21.5. The number of dihydropyridines is 1. The van der Waals surface area contributed by atoms with E-state index in [0.29, 0.717) is 24.2 Å². The maximum Gasteiger partial charge on any atom is 0.331 e. The van der Waals surface area contributed by atoms with E-state index in [1.54, 1.807) is 0 Å². The summed E-state index contributed by atoms with van der Waals surface area (Å²) in [5, 5.41) is 3.51. The average Bonchev–Trinajstić information content (AvgIpc) is 3.02. The second-order valence-electron chi connectivity index (χ2n) is 10.4. The quantitative estimate of drug-likeness (QED) is 0.417. The van der Waals surface area contributed by atoms with Gasteiger partial charge in [-0.1, -0.05) is 22.7 Å². The van der Waals surface area contributed by atoms with Gasteiger partial charge in [-0.3, -0.25) is 9.79 Å².